The van der Waals surface area contributed by atoms with Gasteiger partial charge in [0.15, 0.2) is 22.7 Å². The summed E-state index contributed by atoms with van der Waals surface area (Å²) in [6, 6.07) is 0. The van der Waals surface area contributed by atoms with E-state index in [-0.39, 0.29) is 21.7 Å². The van der Waals surface area contributed by atoms with Crippen LogP contribution in [-0.4, -0.2) is 36.3 Å². The minimum absolute atomic E-state index is 0.0143. The van der Waals surface area contributed by atoms with Crippen molar-refractivity contribution in [2.45, 2.75) is 5.92 Å². The fourth-order valence-corrected chi connectivity index (χ4v) is 1.93. The Hall–Kier alpha value is -0.880. The maximum atomic E-state index is 13.2. The molecule has 88 valence electrons. The molecule has 0 N–H and O–H groups in total. The van der Waals surface area contributed by atoms with Crippen LogP contribution in [0.25, 0.3) is 0 Å². The van der Waals surface area contributed by atoms with Gasteiger partial charge >= 0.3 is 0 Å². The van der Waals surface area contributed by atoms with Crippen LogP contribution in [0.5, 0.6) is 5.75 Å². The highest BCUT2D eigenvalue weighted by Crippen LogP contribution is 2.41. The monoisotopic (exact) mass is 269 g/mol. The molecule has 0 bridgehead atoms. The highest BCUT2D eigenvalue weighted by atomic mass is 35.5. The zero-order valence-corrected chi connectivity index (χ0v) is 9.69. The van der Waals surface area contributed by atoms with Crippen LogP contribution in [0.2, 0.25) is 10.3 Å². The summed E-state index contributed by atoms with van der Waals surface area (Å²) in [4.78, 5) is 1.26. The number of ether oxygens (including phenoxy) is 1. The van der Waals surface area contributed by atoms with Gasteiger partial charge < -0.3 is 9.64 Å². The predicted molar refractivity (Wildman–Crippen MR) is 55.8 cm³/mol. The molecule has 4 nitrogen and oxygen atoms in total. The van der Waals surface area contributed by atoms with E-state index in [0.29, 0.717) is 0 Å². The van der Waals surface area contributed by atoms with Crippen molar-refractivity contribution < 1.29 is 13.5 Å². The number of hydrogen-bond acceptors (Lipinski definition) is 4. The van der Waals surface area contributed by atoms with Gasteiger partial charge in [-0.25, -0.2) is 8.78 Å². The summed E-state index contributed by atoms with van der Waals surface area (Å²) in [6.07, 6.45) is 0. The summed E-state index contributed by atoms with van der Waals surface area (Å²) < 4.78 is 31.4. The van der Waals surface area contributed by atoms with Crippen molar-refractivity contribution in [1.29, 1.82) is 0 Å². The average Bonchev–Trinajstić information content (AvgIpc) is 2.29. The lowest BCUT2D eigenvalue weighted by Gasteiger charge is -2.20. The van der Waals surface area contributed by atoms with Gasteiger partial charge in [-0.05, 0) is 0 Å². The van der Waals surface area contributed by atoms with Gasteiger partial charge in [-0.15, -0.1) is 10.2 Å². The van der Waals surface area contributed by atoms with E-state index in [1.165, 1.54) is 11.9 Å². The summed E-state index contributed by atoms with van der Waals surface area (Å²) in [7, 11) is 1.46. The van der Waals surface area contributed by atoms with Crippen LogP contribution in [0.3, 0.4) is 0 Å². The van der Waals surface area contributed by atoms with Crippen molar-refractivity contribution >= 4 is 28.9 Å². The summed E-state index contributed by atoms with van der Waals surface area (Å²) in [6.45, 7) is -1.27. The van der Waals surface area contributed by atoms with Gasteiger partial charge in [0, 0.05) is 7.05 Å². The molecule has 8 heteroatoms. The minimum Gasteiger partial charge on any atom is -0.482 e. The van der Waals surface area contributed by atoms with Gasteiger partial charge in [0.2, 0.25) is 0 Å². The number of hydrogen-bond donors (Lipinski definition) is 0. The quantitative estimate of drug-likeness (QED) is 0.724. The van der Waals surface area contributed by atoms with Crippen molar-refractivity contribution in [2.24, 2.45) is 0 Å². The Morgan fingerprint density at radius 3 is 2.62 bits per heavy atom. The van der Waals surface area contributed by atoms with Crippen LogP contribution >= 0.6 is 23.2 Å². The molecule has 0 unspecified atom stereocenters. The van der Waals surface area contributed by atoms with E-state index < -0.39 is 19.1 Å². The predicted octanol–water partition coefficient (Wildman–Crippen LogP) is 2.25. The second-order valence-electron chi connectivity index (χ2n) is 3.46. The Kier molecular flexibility index (Phi) is 2.79. The lowest BCUT2D eigenvalue weighted by Crippen LogP contribution is -2.36. The summed E-state index contributed by atoms with van der Waals surface area (Å²) in [5.74, 6) is -2.93. The zero-order valence-electron chi connectivity index (χ0n) is 8.18. The molecule has 0 aromatic carbocycles. The van der Waals surface area contributed by atoms with Gasteiger partial charge in [0.25, 0.3) is 5.92 Å². The number of anilines is 1. The molecule has 1 aliphatic heterocycles. The van der Waals surface area contributed by atoms with E-state index in [9.17, 15) is 8.78 Å². The SMILES string of the molecule is CN1CC(F)(F)COc2c(Cl)nnc(Cl)c21. The Bertz CT molecular complexity index is 430. The Balaban J connectivity index is 2.52. The first kappa shape index (κ1) is 11.6. The molecule has 1 aromatic heterocycles. The van der Waals surface area contributed by atoms with E-state index in [1.54, 1.807) is 0 Å². The van der Waals surface area contributed by atoms with Crippen molar-refractivity contribution in [3.05, 3.63) is 10.3 Å². The third-order valence-electron chi connectivity index (χ3n) is 2.10. The summed E-state index contributed by atoms with van der Waals surface area (Å²) >= 11 is 11.5. The smallest absolute Gasteiger partial charge is 0.298 e. The number of alkyl halides is 2. The fourth-order valence-electron chi connectivity index (χ4n) is 1.48. The van der Waals surface area contributed by atoms with E-state index >= 15 is 0 Å². The first-order valence-corrected chi connectivity index (χ1v) is 5.10. The first-order valence-electron chi connectivity index (χ1n) is 4.34. The molecule has 2 heterocycles. The molecule has 0 saturated carbocycles. The van der Waals surface area contributed by atoms with Gasteiger partial charge in [-0.2, -0.15) is 0 Å². The topological polar surface area (TPSA) is 38.2 Å². The summed E-state index contributed by atoms with van der Waals surface area (Å²) in [5, 5.41) is 6.96. The number of halogens is 4. The van der Waals surface area contributed by atoms with Crippen molar-refractivity contribution in [2.75, 3.05) is 25.1 Å². The second kappa shape index (κ2) is 3.85. The third kappa shape index (κ3) is 1.99. The van der Waals surface area contributed by atoms with Crippen LogP contribution in [-0.2, 0) is 0 Å². The number of aromatic nitrogens is 2. The molecule has 1 aromatic rings. The first-order chi connectivity index (χ1) is 7.41. The Morgan fingerprint density at radius 2 is 1.94 bits per heavy atom. The molecule has 0 atom stereocenters. The van der Waals surface area contributed by atoms with Gasteiger partial charge in [0.05, 0.1) is 6.54 Å². The molecule has 0 fully saturated rings. The molecule has 16 heavy (non-hydrogen) atoms. The summed E-state index contributed by atoms with van der Waals surface area (Å²) in [5.41, 5.74) is 0.235. The van der Waals surface area contributed by atoms with Gasteiger partial charge in [0.1, 0.15) is 5.69 Å². The maximum absolute atomic E-state index is 13.2. The van der Waals surface area contributed by atoms with Crippen LogP contribution in [0.1, 0.15) is 0 Å². The van der Waals surface area contributed by atoms with Crippen LogP contribution in [0, 0.1) is 0 Å². The lowest BCUT2D eigenvalue weighted by molar-refractivity contribution is -0.0283. The van der Waals surface area contributed by atoms with Gasteiger partial charge in [-0.3, -0.25) is 0 Å². The van der Waals surface area contributed by atoms with E-state index in [1.807, 2.05) is 0 Å². The van der Waals surface area contributed by atoms with Crippen molar-refractivity contribution in [1.82, 2.24) is 10.2 Å². The van der Waals surface area contributed by atoms with Gasteiger partial charge in [-0.1, -0.05) is 23.2 Å². The third-order valence-corrected chi connectivity index (χ3v) is 2.60. The number of rotatable bonds is 0. The highest BCUT2D eigenvalue weighted by molar-refractivity contribution is 6.34. The fraction of sp³-hybridized carbons (Fsp3) is 0.500. The molecular weight excluding hydrogens is 263 g/mol. The molecule has 1 aliphatic rings. The van der Waals surface area contributed by atoms with E-state index in [0.717, 1.165) is 0 Å². The largest absolute Gasteiger partial charge is 0.482 e. The standard InChI is InChI=1S/C8H7Cl2F2N3O/c1-15-2-8(11,12)3-16-5-4(15)6(9)13-14-7(5)10/h2-3H2,1H3. The van der Waals surface area contributed by atoms with E-state index in [2.05, 4.69) is 10.2 Å². The molecule has 2 rings (SSSR count). The van der Waals surface area contributed by atoms with E-state index in [4.69, 9.17) is 27.9 Å². The highest BCUT2D eigenvalue weighted by Gasteiger charge is 2.37. The minimum atomic E-state index is -2.97. The maximum Gasteiger partial charge on any atom is 0.298 e. The number of fused-ring (bicyclic) bond motifs is 1. The van der Waals surface area contributed by atoms with Crippen LogP contribution < -0.4 is 9.64 Å². The molecule has 0 amide bonds. The molecule has 0 saturated heterocycles. The lowest BCUT2D eigenvalue weighted by atomic mass is 10.3. The van der Waals surface area contributed by atoms with Crippen LogP contribution in [0.4, 0.5) is 14.5 Å². The van der Waals surface area contributed by atoms with Crippen molar-refractivity contribution in [3.8, 4) is 5.75 Å². The Labute approximate surface area is 100 Å². The molecule has 0 radical (unpaired) electrons. The Morgan fingerprint density at radius 1 is 1.31 bits per heavy atom. The average molecular weight is 270 g/mol. The van der Waals surface area contributed by atoms with Crippen molar-refractivity contribution in [3.63, 3.8) is 0 Å². The normalized spacial score (nSPS) is 18.7. The second-order valence-corrected chi connectivity index (χ2v) is 4.18. The zero-order chi connectivity index (χ0) is 11.9. The molecule has 0 aliphatic carbocycles. The molecule has 0 spiro atoms. The number of nitrogens with zero attached hydrogens (tertiary/aromatic N) is 3. The molecular formula is C8H7Cl2F2N3O. The van der Waals surface area contributed by atoms with Crippen LogP contribution in [0.15, 0.2) is 0 Å².